The molecule has 57 heavy (non-hydrogen) atoms. The Morgan fingerprint density at radius 2 is 1.18 bits per heavy atom. The van der Waals surface area contributed by atoms with Gasteiger partial charge in [0.05, 0.1) is 29.6 Å². The van der Waals surface area contributed by atoms with Gasteiger partial charge in [-0.1, -0.05) is 46.0 Å². The topological polar surface area (TPSA) is 318 Å². The van der Waals surface area contributed by atoms with Crippen molar-refractivity contribution in [2.45, 2.75) is 46.5 Å². The number of nitrogens with two attached hydrogens (primary N) is 1. The molecular weight excluding hydrogens is 869 g/mol. The first-order valence-electron chi connectivity index (χ1n) is 15.5. The van der Waals surface area contributed by atoms with E-state index in [4.69, 9.17) is 5.73 Å². The first kappa shape index (κ1) is 54.7. The number of nitrogen functional groups attached to an aromatic ring is 1. The smallest absolute Gasteiger partial charge is 0.545 e. The molecule has 3 heterocycles. The minimum atomic E-state index is -1.68. The normalized spacial score (nSPS) is 10.8. The van der Waals surface area contributed by atoms with Crippen LogP contribution < -0.4 is 242 Å². The Balaban J connectivity index is 0.00000406. The molecule has 0 aliphatic carbocycles. The molecule has 5 aromatic rings. The standard InChI is InChI=1S/C32H32N12O8S.4K/c1-13(2)6-20-39-41-31(53-20)42-40-21-22(32(3,4)5)43-44(23(21)33)30-37-28(34-18-9-14(24(45)46)7-15(10-18)25(47)48)36-29(38-30)35-19-11-16(26(49)50)8-17(12-19)27(51)52;;;;/h7-13H,6,33H2,1-5H3,(H,45,46)(H,47,48)(H,49,50)(H,51,52)(H2,34,35,36,37,38);;;;/q;4*+1/p-4. The van der Waals surface area contributed by atoms with Gasteiger partial charge in [0, 0.05) is 23.2 Å². The first-order valence-corrected chi connectivity index (χ1v) is 16.3. The Morgan fingerprint density at radius 1 is 0.737 bits per heavy atom. The predicted octanol–water partition coefficient (Wildman–Crippen LogP) is -11.6. The number of carbonyl (C=O) groups excluding carboxylic acids is 4. The second kappa shape index (κ2) is 23.7. The monoisotopic (exact) mass is 896 g/mol. The third kappa shape index (κ3) is 14.9. The number of nitrogens with one attached hydrogen (secondary N) is 2. The van der Waals surface area contributed by atoms with Crippen LogP contribution in [0, 0.1) is 5.92 Å². The zero-order valence-electron chi connectivity index (χ0n) is 32.5. The Labute approximate surface area is 499 Å². The van der Waals surface area contributed by atoms with Crippen molar-refractivity contribution in [3.05, 3.63) is 69.4 Å². The van der Waals surface area contributed by atoms with Crippen LogP contribution in [0.15, 0.2) is 46.6 Å². The summed E-state index contributed by atoms with van der Waals surface area (Å²) in [4.78, 5) is 59.4. The Kier molecular flexibility index (Phi) is 22.8. The molecule has 0 fully saturated rings. The zero-order valence-corrected chi connectivity index (χ0v) is 45.8. The zero-order chi connectivity index (χ0) is 38.8. The van der Waals surface area contributed by atoms with Crippen molar-refractivity contribution in [1.29, 1.82) is 0 Å². The van der Waals surface area contributed by atoms with E-state index < -0.39 is 51.5 Å². The van der Waals surface area contributed by atoms with Gasteiger partial charge < -0.3 is 56.0 Å². The average Bonchev–Trinajstić information content (AvgIpc) is 3.65. The Morgan fingerprint density at radius 3 is 1.56 bits per heavy atom. The molecule has 0 atom stereocenters. The molecule has 0 spiro atoms. The van der Waals surface area contributed by atoms with Gasteiger partial charge in [-0.25, -0.2) is 0 Å². The molecule has 3 aromatic heterocycles. The van der Waals surface area contributed by atoms with E-state index in [0.29, 0.717) is 18.0 Å². The van der Waals surface area contributed by atoms with Crippen LogP contribution in [0.25, 0.3) is 5.95 Å². The average molecular weight is 897 g/mol. The van der Waals surface area contributed by atoms with Crippen molar-refractivity contribution >= 4 is 75.1 Å². The largest absolute Gasteiger partial charge is 1.00 e. The number of hydrogen-bond donors (Lipinski definition) is 3. The third-order valence-corrected chi connectivity index (χ3v) is 7.84. The fraction of sp³-hybridized carbons (Fsp3) is 0.250. The summed E-state index contributed by atoms with van der Waals surface area (Å²) >= 11 is 1.26. The molecule has 0 saturated heterocycles. The second-order valence-electron chi connectivity index (χ2n) is 12.8. The van der Waals surface area contributed by atoms with Gasteiger partial charge in [0.2, 0.25) is 11.9 Å². The summed E-state index contributed by atoms with van der Waals surface area (Å²) in [6, 6.07) is 5.86. The van der Waals surface area contributed by atoms with Crippen LogP contribution in [0.2, 0.25) is 0 Å². The minimum Gasteiger partial charge on any atom is -0.545 e. The van der Waals surface area contributed by atoms with Gasteiger partial charge in [0.1, 0.15) is 5.01 Å². The van der Waals surface area contributed by atoms with Crippen LogP contribution in [0.1, 0.15) is 86.8 Å². The maximum Gasteiger partial charge on any atom is 1.00 e. The fourth-order valence-corrected chi connectivity index (χ4v) is 5.56. The van der Waals surface area contributed by atoms with Crippen LogP contribution in [-0.4, -0.2) is 58.8 Å². The number of aromatic carboxylic acids is 4. The van der Waals surface area contributed by atoms with Crippen molar-refractivity contribution < 1.29 is 245 Å². The maximum atomic E-state index is 11.6. The fourth-order valence-electron chi connectivity index (χ4n) is 4.69. The predicted molar refractivity (Wildman–Crippen MR) is 179 cm³/mol. The molecule has 0 radical (unpaired) electrons. The first-order chi connectivity index (χ1) is 24.9. The van der Waals surface area contributed by atoms with Crippen molar-refractivity contribution in [3.8, 4) is 5.95 Å². The Bertz CT molecular complexity index is 2150. The SMILES string of the molecule is CC(C)Cc1nnc(N=Nc2c(C(C)(C)C)nn(-c3nc(Nc4cc(C(=O)[O-])cc(C(=O)[O-])c4)nc(Nc4cc(C(=O)[O-])cc(C(=O)[O-])c4)n3)c2N)s1.[K+].[K+].[K+].[K+]. The summed E-state index contributed by atoms with van der Waals surface area (Å²) in [5.74, 6) is -7.44. The number of anilines is 5. The quantitative estimate of drug-likeness (QED) is 0.0730. The number of hydrogen-bond acceptors (Lipinski definition) is 20. The van der Waals surface area contributed by atoms with E-state index in [2.05, 4.69) is 51.1 Å². The summed E-state index contributed by atoms with van der Waals surface area (Å²) in [6.45, 7) is 9.61. The number of carbonyl (C=O) groups is 4. The van der Waals surface area contributed by atoms with Gasteiger partial charge in [-0.3, -0.25) is 0 Å². The van der Waals surface area contributed by atoms with E-state index in [1.807, 2.05) is 34.6 Å². The van der Waals surface area contributed by atoms with E-state index in [0.717, 1.165) is 46.1 Å². The number of rotatable bonds is 13. The molecule has 25 heteroatoms. The van der Waals surface area contributed by atoms with Gasteiger partial charge in [-0.05, 0) is 64.6 Å². The molecule has 0 bridgehead atoms. The molecule has 0 amide bonds. The molecule has 0 saturated carbocycles. The number of aromatic nitrogens is 7. The molecule has 2 aromatic carbocycles. The molecule has 20 nitrogen and oxygen atoms in total. The van der Waals surface area contributed by atoms with Crippen molar-refractivity contribution in [2.24, 2.45) is 16.1 Å². The number of azo groups is 1. The van der Waals surface area contributed by atoms with Crippen LogP contribution in [0.4, 0.5) is 39.9 Å². The summed E-state index contributed by atoms with van der Waals surface area (Å²) in [5, 5.41) is 74.3. The number of benzene rings is 2. The van der Waals surface area contributed by atoms with Crippen LogP contribution in [0.5, 0.6) is 0 Å². The summed E-state index contributed by atoms with van der Waals surface area (Å²) in [6.07, 6.45) is 0.699. The van der Waals surface area contributed by atoms with Crippen LogP contribution in [-0.2, 0) is 11.8 Å². The van der Waals surface area contributed by atoms with Gasteiger partial charge >= 0.3 is 206 Å². The molecule has 5 rings (SSSR count). The van der Waals surface area contributed by atoms with Crippen molar-refractivity contribution in [2.75, 3.05) is 16.4 Å². The Hall–Kier alpha value is -0.355. The van der Waals surface area contributed by atoms with Crippen molar-refractivity contribution in [1.82, 2.24) is 34.9 Å². The third-order valence-electron chi connectivity index (χ3n) is 7.01. The minimum absolute atomic E-state index is 0. The van der Waals surface area contributed by atoms with Crippen LogP contribution in [0.3, 0.4) is 0 Å². The van der Waals surface area contributed by atoms with Gasteiger partial charge in [0.25, 0.3) is 11.1 Å². The molecule has 0 aliphatic heterocycles. The van der Waals surface area contributed by atoms with E-state index >= 15 is 0 Å². The second-order valence-corrected chi connectivity index (χ2v) is 13.8. The van der Waals surface area contributed by atoms with Gasteiger partial charge in [-0.15, -0.1) is 20.4 Å². The van der Waals surface area contributed by atoms with Crippen molar-refractivity contribution in [3.63, 3.8) is 0 Å². The summed E-state index contributed by atoms with van der Waals surface area (Å²) < 4.78 is 1.10. The summed E-state index contributed by atoms with van der Waals surface area (Å²) in [7, 11) is 0. The van der Waals surface area contributed by atoms with E-state index in [1.54, 1.807) is 0 Å². The van der Waals surface area contributed by atoms with Gasteiger partial charge in [-0.2, -0.15) is 24.7 Å². The van der Waals surface area contributed by atoms with Gasteiger partial charge in [0.15, 0.2) is 11.5 Å². The summed E-state index contributed by atoms with van der Waals surface area (Å²) in [5.41, 5.74) is 4.10. The molecule has 0 aliphatic rings. The van der Waals surface area contributed by atoms with E-state index in [1.165, 1.54) is 11.3 Å². The van der Waals surface area contributed by atoms with E-state index in [9.17, 15) is 39.6 Å². The van der Waals surface area contributed by atoms with Crippen LogP contribution >= 0.6 is 11.3 Å². The molecule has 0 unspecified atom stereocenters. The number of carboxylic acid groups (broad SMARTS) is 4. The number of carboxylic acids is 4. The maximum absolute atomic E-state index is 11.6. The number of nitrogens with zero attached hydrogens (tertiary/aromatic N) is 9. The molecular formula is C32H28K4N12O8S. The van der Waals surface area contributed by atoms with E-state index in [-0.39, 0.29) is 251 Å². The molecule has 274 valence electrons. The molecule has 4 N–H and O–H groups in total.